The number of likely N-dealkylation sites (N-methyl/N-ethyl adjacent to an activating group) is 1. The Balaban J connectivity index is 2.00. The van der Waals surface area contributed by atoms with Crippen molar-refractivity contribution in [3.05, 3.63) is 52.4 Å². The van der Waals surface area contributed by atoms with Crippen LogP contribution in [0.3, 0.4) is 0 Å². The summed E-state index contributed by atoms with van der Waals surface area (Å²) in [5.41, 5.74) is 4.04. The van der Waals surface area contributed by atoms with Gasteiger partial charge >= 0.3 is 18.3 Å². The van der Waals surface area contributed by atoms with Crippen molar-refractivity contribution in [1.82, 2.24) is 9.88 Å². The molecule has 3 rings (SSSR count). The second-order valence-electron chi connectivity index (χ2n) is 7.63. The van der Waals surface area contributed by atoms with E-state index in [1.807, 2.05) is 0 Å². The number of pyridine rings is 1. The van der Waals surface area contributed by atoms with E-state index >= 15 is 0 Å². The maximum Gasteiger partial charge on any atom is 0.416 e. The van der Waals surface area contributed by atoms with Crippen molar-refractivity contribution < 1.29 is 36.7 Å². The molecule has 0 saturated carbocycles. The average Bonchev–Trinajstić information content (AvgIpc) is 3.09. The molecule has 14 heteroatoms. The van der Waals surface area contributed by atoms with Crippen LogP contribution in [0.5, 0.6) is 0 Å². The number of benzene rings is 1. The molecular formula is C21H20ClF4N5O4. The van der Waals surface area contributed by atoms with E-state index < -0.39 is 41.6 Å². The van der Waals surface area contributed by atoms with Gasteiger partial charge in [-0.1, -0.05) is 11.6 Å². The zero-order chi connectivity index (χ0) is 26.1. The maximum absolute atomic E-state index is 13.6. The lowest BCUT2D eigenvalue weighted by Gasteiger charge is -2.27. The number of alkyl halides is 3. The Morgan fingerprint density at radius 1 is 1.29 bits per heavy atom. The van der Waals surface area contributed by atoms with Crippen molar-refractivity contribution in [1.29, 1.82) is 0 Å². The Morgan fingerprint density at radius 2 is 1.97 bits per heavy atom. The maximum atomic E-state index is 13.6. The summed E-state index contributed by atoms with van der Waals surface area (Å²) >= 11 is 5.80. The van der Waals surface area contributed by atoms with Crippen molar-refractivity contribution in [3.8, 4) is 0 Å². The molecule has 0 bridgehead atoms. The summed E-state index contributed by atoms with van der Waals surface area (Å²) in [4.78, 5) is 44.5. The van der Waals surface area contributed by atoms with Gasteiger partial charge in [0, 0.05) is 18.4 Å². The van der Waals surface area contributed by atoms with Gasteiger partial charge in [0.15, 0.2) is 0 Å². The van der Waals surface area contributed by atoms with Crippen molar-refractivity contribution in [2.45, 2.75) is 19.1 Å². The highest BCUT2D eigenvalue weighted by Gasteiger charge is 2.45. The number of aromatic nitrogens is 1. The fourth-order valence-electron chi connectivity index (χ4n) is 3.53. The van der Waals surface area contributed by atoms with Crippen LogP contribution in [0.1, 0.15) is 11.3 Å². The lowest BCUT2D eigenvalue weighted by molar-refractivity contribution is -0.137. The molecule has 0 unspecified atom stereocenters. The van der Waals surface area contributed by atoms with E-state index in [9.17, 15) is 31.9 Å². The Morgan fingerprint density at radius 3 is 2.57 bits per heavy atom. The zero-order valence-corrected chi connectivity index (χ0v) is 19.2. The first-order chi connectivity index (χ1) is 16.3. The SMILES string of the molecule is Cc1cc(C(F)(F)F)cc(N2C(=O)N(CCOC(N)=O)C[C@H]2C(=O)N(C)c2ccc(F)c(Cl)c2)n1. The molecule has 0 aliphatic carbocycles. The minimum absolute atomic E-state index is 0.0250. The van der Waals surface area contributed by atoms with Crippen LogP contribution in [-0.4, -0.2) is 60.7 Å². The highest BCUT2D eigenvalue weighted by molar-refractivity contribution is 6.31. The molecule has 0 spiro atoms. The number of ether oxygens (including phenoxy) is 1. The molecule has 1 atom stereocenters. The molecule has 1 saturated heterocycles. The number of hydrogen-bond donors (Lipinski definition) is 1. The molecule has 0 radical (unpaired) electrons. The van der Waals surface area contributed by atoms with E-state index in [2.05, 4.69) is 9.72 Å². The summed E-state index contributed by atoms with van der Waals surface area (Å²) < 4.78 is 58.4. The number of nitrogens with two attached hydrogens (primary N) is 1. The van der Waals surface area contributed by atoms with Crippen LogP contribution in [-0.2, 0) is 15.7 Å². The van der Waals surface area contributed by atoms with Crippen molar-refractivity contribution in [3.63, 3.8) is 0 Å². The van der Waals surface area contributed by atoms with Crippen LogP contribution >= 0.6 is 11.6 Å². The zero-order valence-electron chi connectivity index (χ0n) is 18.5. The third-order valence-corrected chi connectivity index (χ3v) is 5.50. The van der Waals surface area contributed by atoms with Crippen molar-refractivity contribution in [2.24, 2.45) is 5.73 Å². The topological polar surface area (TPSA) is 109 Å². The monoisotopic (exact) mass is 517 g/mol. The van der Waals surface area contributed by atoms with Gasteiger partial charge in [-0.2, -0.15) is 13.2 Å². The molecule has 1 aliphatic heterocycles. The molecular weight excluding hydrogens is 498 g/mol. The molecule has 1 aliphatic rings. The summed E-state index contributed by atoms with van der Waals surface area (Å²) in [6, 6.07) is 2.87. The molecule has 35 heavy (non-hydrogen) atoms. The van der Waals surface area contributed by atoms with Crippen LogP contribution in [0.2, 0.25) is 5.02 Å². The lowest BCUT2D eigenvalue weighted by atomic mass is 10.1. The Bertz CT molecular complexity index is 1160. The van der Waals surface area contributed by atoms with Gasteiger partial charge in [-0.05, 0) is 37.3 Å². The molecule has 9 nitrogen and oxygen atoms in total. The van der Waals surface area contributed by atoms with Crippen LogP contribution in [0.15, 0.2) is 30.3 Å². The number of hydrogen-bond acceptors (Lipinski definition) is 5. The number of amides is 4. The highest BCUT2D eigenvalue weighted by atomic mass is 35.5. The fourth-order valence-corrected chi connectivity index (χ4v) is 3.70. The largest absolute Gasteiger partial charge is 0.448 e. The second-order valence-corrected chi connectivity index (χ2v) is 8.04. The molecule has 2 heterocycles. The van der Waals surface area contributed by atoms with Crippen LogP contribution in [0.4, 0.5) is 38.7 Å². The van der Waals surface area contributed by atoms with Gasteiger partial charge in [-0.15, -0.1) is 0 Å². The van der Waals surface area contributed by atoms with Crippen molar-refractivity contribution in [2.75, 3.05) is 36.5 Å². The van der Waals surface area contributed by atoms with Crippen LogP contribution < -0.4 is 15.5 Å². The number of halogens is 5. The van der Waals surface area contributed by atoms with E-state index in [-0.39, 0.29) is 41.9 Å². The van der Waals surface area contributed by atoms with Crippen LogP contribution in [0, 0.1) is 12.7 Å². The molecule has 2 aromatic rings. The number of urea groups is 1. The summed E-state index contributed by atoms with van der Waals surface area (Å²) in [7, 11) is 1.35. The molecule has 1 aromatic heterocycles. The van der Waals surface area contributed by atoms with Gasteiger partial charge in [0.05, 0.1) is 23.7 Å². The van der Waals surface area contributed by atoms with Gasteiger partial charge in [-0.3, -0.25) is 9.69 Å². The second kappa shape index (κ2) is 9.94. The first-order valence-electron chi connectivity index (χ1n) is 10.1. The van der Waals surface area contributed by atoms with E-state index in [1.54, 1.807) is 0 Å². The third-order valence-electron chi connectivity index (χ3n) is 5.21. The highest BCUT2D eigenvalue weighted by Crippen LogP contribution is 2.34. The minimum Gasteiger partial charge on any atom is -0.448 e. The number of rotatable bonds is 6. The lowest BCUT2D eigenvalue weighted by Crippen LogP contribution is -2.47. The third kappa shape index (κ3) is 5.73. The summed E-state index contributed by atoms with van der Waals surface area (Å²) in [5.74, 6) is -1.79. The van der Waals surface area contributed by atoms with E-state index in [0.29, 0.717) is 6.07 Å². The first-order valence-corrected chi connectivity index (χ1v) is 10.5. The smallest absolute Gasteiger partial charge is 0.416 e. The standard InChI is InChI=1S/C21H20ClF4N5O4/c1-11-7-12(21(24,25)26)8-17(28-11)31-16(10-30(20(31)34)5-6-35-19(27)33)18(32)29(2)13-3-4-15(23)14(22)9-13/h3-4,7-9,16H,5-6,10H2,1-2H3,(H2,27,33)/t16-/m0/s1. The number of primary amides is 1. The number of anilines is 2. The Kier molecular flexibility index (Phi) is 7.38. The van der Waals surface area contributed by atoms with Crippen molar-refractivity contribution >= 4 is 41.1 Å². The number of aryl methyl sites for hydroxylation is 1. The molecule has 188 valence electrons. The molecule has 4 amide bonds. The fraction of sp³-hybridized carbons (Fsp3) is 0.333. The summed E-state index contributed by atoms with van der Waals surface area (Å²) in [5, 5.41) is -0.248. The number of nitrogens with zero attached hydrogens (tertiary/aromatic N) is 4. The number of carbonyl (C=O) groups is 3. The van der Waals surface area contributed by atoms with Gasteiger partial charge in [0.25, 0.3) is 5.91 Å². The quantitative estimate of drug-likeness (QED) is 0.589. The van der Waals surface area contributed by atoms with E-state index in [1.165, 1.54) is 26.1 Å². The normalized spacial score (nSPS) is 16.0. The van der Waals surface area contributed by atoms with Crippen LogP contribution in [0.25, 0.3) is 0 Å². The Labute approximate surface area is 202 Å². The Hall–Kier alpha value is -3.61. The molecule has 1 fully saturated rings. The molecule has 2 N–H and O–H groups in total. The van der Waals surface area contributed by atoms with E-state index in [4.69, 9.17) is 17.3 Å². The summed E-state index contributed by atoms with van der Waals surface area (Å²) in [6.45, 7) is 0.595. The number of carbonyl (C=O) groups excluding carboxylic acids is 3. The predicted octanol–water partition coefficient (Wildman–Crippen LogP) is 3.57. The first kappa shape index (κ1) is 26.0. The molecule has 1 aromatic carbocycles. The van der Waals surface area contributed by atoms with Gasteiger partial charge in [-0.25, -0.2) is 19.0 Å². The minimum atomic E-state index is -4.72. The van der Waals surface area contributed by atoms with Gasteiger partial charge in [0.1, 0.15) is 24.3 Å². The van der Waals surface area contributed by atoms with Gasteiger partial charge < -0.3 is 20.3 Å². The van der Waals surface area contributed by atoms with E-state index in [0.717, 1.165) is 26.8 Å². The summed E-state index contributed by atoms with van der Waals surface area (Å²) in [6.07, 6.45) is -5.80. The predicted molar refractivity (Wildman–Crippen MR) is 118 cm³/mol. The average molecular weight is 518 g/mol. The van der Waals surface area contributed by atoms with Gasteiger partial charge in [0.2, 0.25) is 0 Å².